The molecule has 0 spiro atoms. The number of carbonyl (C=O) groups is 2. The number of phosphoric acid groups is 1. The first-order valence-corrected chi connectivity index (χ1v) is 31.5. The molecule has 0 saturated heterocycles. The fourth-order valence-corrected chi connectivity index (χ4v) is 10.1. The molecule has 0 aliphatic rings. The Balaban J connectivity index is 3.75. The van der Waals surface area contributed by atoms with Gasteiger partial charge in [0.2, 0.25) is 0 Å². The highest BCUT2D eigenvalue weighted by molar-refractivity contribution is 7.47. The highest BCUT2D eigenvalue weighted by Crippen LogP contribution is 2.43. The molecular formula is C58H116NO8P. The predicted octanol–water partition coefficient (Wildman–Crippen LogP) is 18.7. The zero-order valence-electron chi connectivity index (χ0n) is 45.4. The molecule has 2 unspecified atom stereocenters. The van der Waals surface area contributed by atoms with E-state index in [4.69, 9.17) is 24.3 Å². The quantitative estimate of drug-likeness (QED) is 0.0347. The van der Waals surface area contributed by atoms with Gasteiger partial charge in [0.25, 0.3) is 0 Å². The topological polar surface area (TPSA) is 134 Å². The van der Waals surface area contributed by atoms with Gasteiger partial charge < -0.3 is 20.1 Å². The molecule has 2 atom stereocenters. The van der Waals surface area contributed by atoms with Gasteiger partial charge in [-0.1, -0.05) is 303 Å². The van der Waals surface area contributed by atoms with E-state index < -0.39 is 26.5 Å². The van der Waals surface area contributed by atoms with E-state index >= 15 is 0 Å². The zero-order chi connectivity index (χ0) is 49.5. The second-order valence-electron chi connectivity index (χ2n) is 20.6. The van der Waals surface area contributed by atoms with Crippen molar-refractivity contribution in [3.8, 4) is 0 Å². The average molecular weight is 987 g/mol. The molecule has 0 rings (SSSR count). The van der Waals surface area contributed by atoms with E-state index in [-0.39, 0.29) is 38.6 Å². The van der Waals surface area contributed by atoms with E-state index in [0.29, 0.717) is 6.42 Å². The standard InChI is InChI=1S/C58H116NO8P/c1-3-5-7-9-11-13-15-17-18-19-20-21-22-23-24-25-26-27-28-29-30-31-32-33-34-35-36-37-39-41-43-45-47-49-51-58(61)67-56(55-66-68(62,63)65-53-52-59)54-64-57(60)50-48-46-44-42-40-38-16-14-12-10-8-6-4-2/h56H,3-55,59H2,1-2H3,(H,62,63). The normalized spacial score (nSPS) is 12.9. The van der Waals surface area contributed by atoms with Gasteiger partial charge in [0.15, 0.2) is 6.10 Å². The molecule has 0 aliphatic carbocycles. The van der Waals surface area contributed by atoms with Gasteiger partial charge in [0.05, 0.1) is 13.2 Å². The summed E-state index contributed by atoms with van der Waals surface area (Å²) in [7, 11) is -4.38. The molecule has 0 fully saturated rings. The second kappa shape index (κ2) is 55.3. The summed E-state index contributed by atoms with van der Waals surface area (Å²) >= 11 is 0. The monoisotopic (exact) mass is 986 g/mol. The molecule has 10 heteroatoms. The molecule has 0 amide bonds. The fourth-order valence-electron chi connectivity index (χ4n) is 9.29. The Kier molecular flexibility index (Phi) is 54.5. The highest BCUT2D eigenvalue weighted by Gasteiger charge is 2.26. The van der Waals surface area contributed by atoms with Gasteiger partial charge in [-0.15, -0.1) is 0 Å². The lowest BCUT2D eigenvalue weighted by Crippen LogP contribution is -2.29. The summed E-state index contributed by atoms with van der Waals surface area (Å²) < 4.78 is 33.0. The SMILES string of the molecule is CCCCCCCCCCCCCCCCCCCCCCCCCCCCCCCCCCCCC(=O)OC(COC(=O)CCCCCCCCCCCCCCC)COP(=O)(O)OCCN. The zero-order valence-corrected chi connectivity index (χ0v) is 46.3. The van der Waals surface area contributed by atoms with E-state index in [1.807, 2.05) is 0 Å². The molecule has 0 heterocycles. The van der Waals surface area contributed by atoms with Crippen LogP contribution in [0.4, 0.5) is 0 Å². The number of phosphoric ester groups is 1. The van der Waals surface area contributed by atoms with Crippen LogP contribution >= 0.6 is 7.82 Å². The van der Waals surface area contributed by atoms with Crippen molar-refractivity contribution in [3.63, 3.8) is 0 Å². The summed E-state index contributed by atoms with van der Waals surface area (Å²) in [5.41, 5.74) is 5.37. The molecule has 0 aromatic heterocycles. The lowest BCUT2D eigenvalue weighted by molar-refractivity contribution is -0.161. The molecule has 0 aromatic carbocycles. The summed E-state index contributed by atoms with van der Waals surface area (Å²) in [6, 6.07) is 0. The fraction of sp³-hybridized carbons (Fsp3) is 0.966. The minimum Gasteiger partial charge on any atom is -0.462 e. The van der Waals surface area contributed by atoms with E-state index in [1.54, 1.807) is 0 Å². The smallest absolute Gasteiger partial charge is 0.462 e. The number of hydrogen-bond donors (Lipinski definition) is 2. The number of hydrogen-bond acceptors (Lipinski definition) is 8. The van der Waals surface area contributed by atoms with Gasteiger partial charge in [-0.2, -0.15) is 0 Å². The van der Waals surface area contributed by atoms with Crippen LogP contribution in [-0.2, 0) is 32.7 Å². The third kappa shape index (κ3) is 54.3. The Morgan fingerprint density at radius 3 is 0.897 bits per heavy atom. The van der Waals surface area contributed by atoms with Crippen molar-refractivity contribution in [3.05, 3.63) is 0 Å². The molecular weight excluding hydrogens is 870 g/mol. The Bertz CT molecular complexity index is 1080. The Morgan fingerprint density at radius 2 is 0.632 bits per heavy atom. The number of unbranched alkanes of at least 4 members (excludes halogenated alkanes) is 45. The minimum absolute atomic E-state index is 0.0584. The molecule has 68 heavy (non-hydrogen) atoms. The third-order valence-corrected chi connectivity index (χ3v) is 14.7. The summed E-state index contributed by atoms with van der Waals surface area (Å²) in [5.74, 6) is -0.806. The Labute approximate surface area is 422 Å². The molecule has 0 aliphatic heterocycles. The van der Waals surface area contributed by atoms with Gasteiger partial charge >= 0.3 is 19.8 Å². The second-order valence-corrected chi connectivity index (χ2v) is 22.0. The predicted molar refractivity (Wildman–Crippen MR) is 289 cm³/mol. The number of ether oxygens (including phenoxy) is 2. The van der Waals surface area contributed by atoms with Gasteiger partial charge in [0, 0.05) is 19.4 Å². The largest absolute Gasteiger partial charge is 0.472 e. The van der Waals surface area contributed by atoms with Crippen molar-refractivity contribution in [1.82, 2.24) is 0 Å². The van der Waals surface area contributed by atoms with Crippen LogP contribution in [0.2, 0.25) is 0 Å². The van der Waals surface area contributed by atoms with Crippen LogP contribution in [-0.4, -0.2) is 49.3 Å². The van der Waals surface area contributed by atoms with Crippen LogP contribution in [0.15, 0.2) is 0 Å². The summed E-state index contributed by atoms with van der Waals surface area (Å²) in [6.07, 6.45) is 61.9. The minimum atomic E-state index is -4.38. The first-order chi connectivity index (χ1) is 33.3. The van der Waals surface area contributed by atoms with Crippen LogP contribution in [0.25, 0.3) is 0 Å². The van der Waals surface area contributed by atoms with E-state index in [0.717, 1.165) is 32.1 Å². The van der Waals surface area contributed by atoms with E-state index in [1.165, 1.54) is 263 Å². The molecule has 0 aromatic rings. The van der Waals surface area contributed by atoms with Crippen LogP contribution < -0.4 is 5.73 Å². The molecule has 406 valence electrons. The Hall–Kier alpha value is -0.990. The molecule has 0 radical (unpaired) electrons. The van der Waals surface area contributed by atoms with Crippen molar-refractivity contribution < 1.29 is 37.6 Å². The maximum atomic E-state index is 12.7. The number of nitrogens with two attached hydrogens (primary N) is 1. The lowest BCUT2D eigenvalue weighted by Gasteiger charge is -2.19. The molecule has 0 saturated carbocycles. The number of esters is 2. The number of carbonyl (C=O) groups excluding carboxylic acids is 2. The third-order valence-electron chi connectivity index (χ3n) is 13.7. The molecule has 9 nitrogen and oxygen atoms in total. The highest BCUT2D eigenvalue weighted by atomic mass is 31.2. The van der Waals surface area contributed by atoms with Crippen LogP contribution in [0.5, 0.6) is 0 Å². The van der Waals surface area contributed by atoms with Gasteiger partial charge in [0.1, 0.15) is 6.61 Å². The van der Waals surface area contributed by atoms with Crippen molar-refractivity contribution in [2.45, 2.75) is 335 Å². The first kappa shape index (κ1) is 67.0. The van der Waals surface area contributed by atoms with Crippen LogP contribution in [0.3, 0.4) is 0 Å². The maximum absolute atomic E-state index is 12.7. The molecule has 0 bridgehead atoms. The summed E-state index contributed by atoms with van der Waals surface area (Å²) in [5, 5.41) is 0. The average Bonchev–Trinajstić information content (AvgIpc) is 3.33. The Morgan fingerprint density at radius 1 is 0.382 bits per heavy atom. The lowest BCUT2D eigenvalue weighted by atomic mass is 10.0. The van der Waals surface area contributed by atoms with Gasteiger partial charge in [-0.3, -0.25) is 18.6 Å². The summed E-state index contributed by atoms with van der Waals surface area (Å²) in [4.78, 5) is 35.1. The van der Waals surface area contributed by atoms with Gasteiger partial charge in [-0.25, -0.2) is 4.57 Å². The van der Waals surface area contributed by atoms with Crippen molar-refractivity contribution >= 4 is 19.8 Å². The van der Waals surface area contributed by atoms with Crippen LogP contribution in [0.1, 0.15) is 328 Å². The van der Waals surface area contributed by atoms with E-state index in [9.17, 15) is 19.0 Å². The van der Waals surface area contributed by atoms with Crippen molar-refractivity contribution in [1.29, 1.82) is 0 Å². The van der Waals surface area contributed by atoms with Gasteiger partial charge in [-0.05, 0) is 12.8 Å². The van der Waals surface area contributed by atoms with Crippen molar-refractivity contribution in [2.24, 2.45) is 5.73 Å². The number of rotatable bonds is 58. The van der Waals surface area contributed by atoms with Crippen LogP contribution in [0, 0.1) is 0 Å². The van der Waals surface area contributed by atoms with E-state index in [2.05, 4.69) is 13.8 Å². The molecule has 3 N–H and O–H groups in total. The van der Waals surface area contributed by atoms with Crippen molar-refractivity contribution in [2.75, 3.05) is 26.4 Å². The maximum Gasteiger partial charge on any atom is 0.472 e. The summed E-state index contributed by atoms with van der Waals surface area (Å²) in [6.45, 7) is 3.81. The first-order valence-electron chi connectivity index (χ1n) is 30.0.